The number of amides is 1. The summed E-state index contributed by atoms with van der Waals surface area (Å²) >= 11 is 0. The molecule has 32 heavy (non-hydrogen) atoms. The van der Waals surface area contributed by atoms with Crippen LogP contribution in [-0.2, 0) is 14.8 Å². The lowest BCUT2D eigenvalue weighted by molar-refractivity contribution is -0.126. The van der Waals surface area contributed by atoms with E-state index in [1.54, 1.807) is 36.7 Å². The third-order valence-electron chi connectivity index (χ3n) is 5.94. The first-order valence-electron chi connectivity index (χ1n) is 10.8. The summed E-state index contributed by atoms with van der Waals surface area (Å²) in [6.07, 6.45) is 4.42. The number of carbonyl (C=O) groups excluding carboxylic acids is 1. The Hall–Kier alpha value is -3.03. The Bertz CT molecular complexity index is 1100. The van der Waals surface area contributed by atoms with Crippen molar-refractivity contribution < 1.29 is 13.2 Å². The summed E-state index contributed by atoms with van der Waals surface area (Å²) in [5, 5.41) is 3.18. The molecule has 166 valence electrons. The van der Waals surface area contributed by atoms with Gasteiger partial charge in [0.1, 0.15) is 0 Å². The summed E-state index contributed by atoms with van der Waals surface area (Å²) in [6.45, 7) is 2.59. The quantitative estimate of drug-likeness (QED) is 0.622. The Morgan fingerprint density at radius 2 is 1.53 bits per heavy atom. The van der Waals surface area contributed by atoms with Crippen LogP contribution in [0.3, 0.4) is 0 Å². The fraction of sp³-hybridized carbons (Fsp3) is 0.280. The number of aromatic nitrogens is 1. The van der Waals surface area contributed by atoms with Crippen molar-refractivity contribution in [3.63, 3.8) is 0 Å². The van der Waals surface area contributed by atoms with Gasteiger partial charge in [0.2, 0.25) is 15.9 Å². The molecule has 4 rings (SSSR count). The molecule has 1 amide bonds. The Balaban J connectivity index is 1.44. The molecule has 0 radical (unpaired) electrons. The molecule has 2 heterocycles. The van der Waals surface area contributed by atoms with Crippen LogP contribution < -0.4 is 5.32 Å². The van der Waals surface area contributed by atoms with Gasteiger partial charge in [0.15, 0.2) is 0 Å². The minimum Gasteiger partial charge on any atom is -0.345 e. The van der Waals surface area contributed by atoms with E-state index in [0.717, 1.165) is 16.7 Å². The standard InChI is InChI=1S/C25H27N3O3S/c1-19-7-9-23(10-8-19)32(30,31)28-17-13-22(14-18-28)25(29)27-24(20-5-3-2-4-6-20)21-11-15-26-16-12-21/h2-12,15-16,22,24H,13-14,17-18H2,1H3,(H,27,29). The highest BCUT2D eigenvalue weighted by molar-refractivity contribution is 7.89. The molecule has 1 saturated heterocycles. The van der Waals surface area contributed by atoms with Crippen LogP contribution in [0.4, 0.5) is 0 Å². The van der Waals surface area contributed by atoms with Gasteiger partial charge in [0, 0.05) is 31.4 Å². The SMILES string of the molecule is Cc1ccc(S(=O)(=O)N2CCC(C(=O)NC(c3ccccc3)c3ccncc3)CC2)cc1. The number of hydrogen-bond acceptors (Lipinski definition) is 4. The molecule has 1 atom stereocenters. The summed E-state index contributed by atoms with van der Waals surface area (Å²) in [6, 6.07) is 20.2. The van der Waals surface area contributed by atoms with Crippen molar-refractivity contribution in [2.24, 2.45) is 5.92 Å². The minimum absolute atomic E-state index is 0.0527. The zero-order valence-electron chi connectivity index (χ0n) is 18.0. The molecule has 0 spiro atoms. The molecule has 1 fully saturated rings. The normalized spacial score (nSPS) is 16.4. The molecular weight excluding hydrogens is 422 g/mol. The predicted octanol–water partition coefficient (Wildman–Crippen LogP) is 3.70. The number of benzene rings is 2. The molecule has 1 aliphatic heterocycles. The maximum Gasteiger partial charge on any atom is 0.243 e. The second kappa shape index (κ2) is 9.63. The monoisotopic (exact) mass is 449 g/mol. The van der Waals surface area contributed by atoms with Gasteiger partial charge < -0.3 is 5.32 Å². The van der Waals surface area contributed by atoms with Gasteiger partial charge in [-0.25, -0.2) is 8.42 Å². The van der Waals surface area contributed by atoms with E-state index < -0.39 is 10.0 Å². The van der Waals surface area contributed by atoms with Crippen LogP contribution in [0.5, 0.6) is 0 Å². The molecule has 0 bridgehead atoms. The number of piperidine rings is 1. The van der Waals surface area contributed by atoms with Gasteiger partial charge in [-0.1, -0.05) is 48.0 Å². The van der Waals surface area contributed by atoms with Crippen LogP contribution in [-0.4, -0.2) is 36.7 Å². The second-order valence-electron chi connectivity index (χ2n) is 8.12. The number of nitrogens with zero attached hydrogens (tertiary/aromatic N) is 2. The maximum atomic E-state index is 13.1. The molecule has 2 aromatic carbocycles. The van der Waals surface area contributed by atoms with Crippen LogP contribution in [0.15, 0.2) is 84.0 Å². The zero-order chi connectivity index (χ0) is 22.6. The maximum absolute atomic E-state index is 13.1. The van der Waals surface area contributed by atoms with Gasteiger partial charge in [0.05, 0.1) is 10.9 Å². The predicted molar refractivity (Wildman–Crippen MR) is 123 cm³/mol. The van der Waals surface area contributed by atoms with Crippen molar-refractivity contribution in [1.29, 1.82) is 0 Å². The Kier molecular flexibility index (Phi) is 6.67. The van der Waals surface area contributed by atoms with E-state index in [1.807, 2.05) is 49.4 Å². The smallest absolute Gasteiger partial charge is 0.243 e. The summed E-state index contributed by atoms with van der Waals surface area (Å²) in [5.41, 5.74) is 2.96. The number of hydrogen-bond donors (Lipinski definition) is 1. The van der Waals surface area contributed by atoms with E-state index in [4.69, 9.17) is 0 Å². The van der Waals surface area contributed by atoms with Gasteiger partial charge >= 0.3 is 0 Å². The van der Waals surface area contributed by atoms with E-state index in [9.17, 15) is 13.2 Å². The number of pyridine rings is 1. The van der Waals surface area contributed by atoms with Gasteiger partial charge in [-0.3, -0.25) is 9.78 Å². The van der Waals surface area contributed by atoms with Crippen molar-refractivity contribution in [3.05, 3.63) is 95.8 Å². The van der Waals surface area contributed by atoms with Crippen molar-refractivity contribution in [2.45, 2.75) is 30.7 Å². The van der Waals surface area contributed by atoms with Crippen LogP contribution in [0, 0.1) is 12.8 Å². The molecule has 0 saturated carbocycles. The van der Waals surface area contributed by atoms with E-state index >= 15 is 0 Å². The second-order valence-corrected chi connectivity index (χ2v) is 10.1. The molecule has 1 unspecified atom stereocenters. The molecule has 6 nitrogen and oxygen atoms in total. The third kappa shape index (κ3) is 4.89. The number of aryl methyl sites for hydroxylation is 1. The lowest BCUT2D eigenvalue weighted by Gasteiger charge is -2.31. The Labute approximate surface area is 189 Å². The molecule has 1 N–H and O–H groups in total. The average molecular weight is 450 g/mol. The molecule has 1 aromatic heterocycles. The van der Waals surface area contributed by atoms with Crippen molar-refractivity contribution in [2.75, 3.05) is 13.1 Å². The fourth-order valence-electron chi connectivity index (χ4n) is 4.04. The van der Waals surface area contributed by atoms with Crippen LogP contribution >= 0.6 is 0 Å². The van der Waals surface area contributed by atoms with Crippen LogP contribution in [0.1, 0.15) is 35.6 Å². The Morgan fingerprint density at radius 1 is 0.938 bits per heavy atom. The van der Waals surface area contributed by atoms with Gasteiger partial charge in [-0.15, -0.1) is 0 Å². The van der Waals surface area contributed by atoms with Gasteiger partial charge in [0.25, 0.3) is 0 Å². The molecular formula is C25H27N3O3S. The summed E-state index contributed by atoms with van der Waals surface area (Å²) in [5.74, 6) is -0.282. The highest BCUT2D eigenvalue weighted by Gasteiger charge is 2.33. The van der Waals surface area contributed by atoms with Gasteiger partial charge in [-0.05, 0) is 55.2 Å². The summed E-state index contributed by atoms with van der Waals surface area (Å²) in [4.78, 5) is 17.5. The highest BCUT2D eigenvalue weighted by atomic mass is 32.2. The van der Waals surface area contributed by atoms with Crippen molar-refractivity contribution in [3.8, 4) is 0 Å². The van der Waals surface area contributed by atoms with E-state index in [2.05, 4.69) is 10.3 Å². The number of nitrogens with one attached hydrogen (secondary N) is 1. The summed E-state index contributed by atoms with van der Waals surface area (Å²) in [7, 11) is -3.54. The molecule has 7 heteroatoms. The van der Waals surface area contributed by atoms with E-state index in [0.29, 0.717) is 30.8 Å². The number of rotatable bonds is 6. The molecule has 1 aliphatic rings. The largest absolute Gasteiger partial charge is 0.345 e. The average Bonchev–Trinajstić information content (AvgIpc) is 2.84. The zero-order valence-corrected chi connectivity index (χ0v) is 18.8. The Morgan fingerprint density at radius 3 is 2.16 bits per heavy atom. The van der Waals surface area contributed by atoms with E-state index in [-0.39, 0.29) is 17.9 Å². The number of carbonyl (C=O) groups is 1. The highest BCUT2D eigenvalue weighted by Crippen LogP contribution is 2.27. The molecule has 0 aliphatic carbocycles. The van der Waals surface area contributed by atoms with Crippen LogP contribution in [0.25, 0.3) is 0 Å². The lowest BCUT2D eigenvalue weighted by atomic mass is 9.94. The third-order valence-corrected chi connectivity index (χ3v) is 7.86. The fourth-order valence-corrected chi connectivity index (χ4v) is 5.51. The number of sulfonamides is 1. The summed E-state index contributed by atoms with van der Waals surface area (Å²) < 4.78 is 27.4. The lowest BCUT2D eigenvalue weighted by Crippen LogP contribution is -2.43. The first-order valence-corrected chi connectivity index (χ1v) is 12.2. The first-order chi connectivity index (χ1) is 15.4. The molecule has 3 aromatic rings. The van der Waals surface area contributed by atoms with E-state index in [1.165, 1.54) is 4.31 Å². The minimum atomic E-state index is -3.54. The van der Waals surface area contributed by atoms with Crippen molar-refractivity contribution >= 4 is 15.9 Å². The topological polar surface area (TPSA) is 79.4 Å². The van der Waals surface area contributed by atoms with Gasteiger partial charge in [-0.2, -0.15) is 4.31 Å². The first kappa shape index (κ1) is 22.2. The van der Waals surface area contributed by atoms with Crippen molar-refractivity contribution in [1.82, 2.24) is 14.6 Å². The van der Waals surface area contributed by atoms with Crippen LogP contribution in [0.2, 0.25) is 0 Å².